The summed E-state index contributed by atoms with van der Waals surface area (Å²) >= 11 is 0. The molecule has 0 unspecified atom stereocenters. The molecule has 0 aliphatic heterocycles. The van der Waals surface area contributed by atoms with E-state index < -0.39 is 24.2 Å². The van der Waals surface area contributed by atoms with Crippen molar-refractivity contribution < 1.29 is 18.0 Å². The Bertz CT molecular complexity index is 479. The third-order valence-electron chi connectivity index (χ3n) is 4.21. The second kappa shape index (κ2) is 6.05. The summed E-state index contributed by atoms with van der Waals surface area (Å²) in [6, 6.07) is 9.81. The Morgan fingerprint density at radius 1 is 1.24 bits per heavy atom. The minimum atomic E-state index is -4.35. The Hall–Kier alpha value is -1.56. The molecule has 2 rings (SSSR count). The Kier molecular flexibility index (Phi) is 4.56. The lowest BCUT2D eigenvalue weighted by atomic mass is 9.73. The van der Waals surface area contributed by atoms with Gasteiger partial charge in [0.25, 0.3) is 0 Å². The predicted octanol–water partition coefficient (Wildman–Crippen LogP) is 2.72. The topological polar surface area (TPSA) is 55.1 Å². The van der Waals surface area contributed by atoms with Gasteiger partial charge in [0.2, 0.25) is 5.91 Å². The van der Waals surface area contributed by atoms with Gasteiger partial charge in [-0.05, 0) is 37.2 Å². The quantitative estimate of drug-likeness (QED) is 0.898. The van der Waals surface area contributed by atoms with E-state index in [4.69, 9.17) is 5.73 Å². The highest BCUT2D eigenvalue weighted by Crippen LogP contribution is 2.38. The number of halogens is 3. The van der Waals surface area contributed by atoms with Gasteiger partial charge in [-0.2, -0.15) is 13.2 Å². The smallest absolute Gasteiger partial charge is 0.368 e. The molecule has 3 nitrogen and oxygen atoms in total. The lowest BCUT2D eigenvalue weighted by molar-refractivity contribution is -0.137. The van der Waals surface area contributed by atoms with Crippen molar-refractivity contribution in [1.82, 2.24) is 5.32 Å². The summed E-state index contributed by atoms with van der Waals surface area (Å²) in [4.78, 5) is 11.6. The van der Waals surface area contributed by atoms with Gasteiger partial charge in [0.05, 0.1) is 12.1 Å². The first kappa shape index (κ1) is 15.8. The minimum Gasteiger partial charge on any atom is -0.368 e. The molecular formula is C15H19F3N2O. The standard InChI is InChI=1S/C15H19F3N2O/c16-15(17,18)10-20-14(13(19)21)8-6-12(7-9-14)11-4-2-1-3-5-11/h1-5,12,20H,6-10H2,(H2,19,21). The molecule has 0 aromatic heterocycles. The van der Waals surface area contributed by atoms with E-state index in [0.717, 1.165) is 5.56 Å². The third kappa shape index (κ3) is 3.97. The van der Waals surface area contributed by atoms with Crippen molar-refractivity contribution in [2.75, 3.05) is 6.54 Å². The molecule has 6 heteroatoms. The van der Waals surface area contributed by atoms with Crippen molar-refractivity contribution >= 4 is 5.91 Å². The van der Waals surface area contributed by atoms with Gasteiger partial charge in [-0.25, -0.2) is 0 Å². The number of rotatable bonds is 4. The van der Waals surface area contributed by atoms with Crippen LogP contribution in [-0.4, -0.2) is 24.2 Å². The van der Waals surface area contributed by atoms with Crippen LogP contribution in [-0.2, 0) is 4.79 Å². The number of primary amides is 1. The molecule has 1 fully saturated rings. The summed E-state index contributed by atoms with van der Waals surface area (Å²) in [6.45, 7) is -1.19. The van der Waals surface area contributed by atoms with Crippen LogP contribution >= 0.6 is 0 Å². The van der Waals surface area contributed by atoms with Gasteiger partial charge in [-0.15, -0.1) is 0 Å². The molecule has 0 radical (unpaired) electrons. The zero-order valence-electron chi connectivity index (χ0n) is 11.6. The largest absolute Gasteiger partial charge is 0.401 e. The van der Waals surface area contributed by atoms with Gasteiger partial charge in [-0.1, -0.05) is 30.3 Å². The number of carbonyl (C=O) groups is 1. The fraction of sp³-hybridized carbons (Fsp3) is 0.533. The van der Waals surface area contributed by atoms with Gasteiger partial charge in [0, 0.05) is 0 Å². The summed E-state index contributed by atoms with van der Waals surface area (Å²) in [5.41, 5.74) is 5.27. The molecule has 0 heterocycles. The number of alkyl halides is 3. The van der Waals surface area contributed by atoms with E-state index in [1.807, 2.05) is 30.3 Å². The monoisotopic (exact) mass is 300 g/mol. The highest BCUT2D eigenvalue weighted by Gasteiger charge is 2.43. The lowest BCUT2D eigenvalue weighted by Gasteiger charge is -2.39. The summed E-state index contributed by atoms with van der Waals surface area (Å²) in [6.07, 6.45) is -2.38. The predicted molar refractivity (Wildman–Crippen MR) is 73.6 cm³/mol. The number of carbonyl (C=O) groups excluding carboxylic acids is 1. The van der Waals surface area contributed by atoms with Gasteiger partial charge in [-0.3, -0.25) is 10.1 Å². The maximum Gasteiger partial charge on any atom is 0.401 e. The van der Waals surface area contributed by atoms with Crippen LogP contribution in [0.1, 0.15) is 37.2 Å². The van der Waals surface area contributed by atoms with E-state index in [-0.39, 0.29) is 5.92 Å². The molecule has 1 amide bonds. The van der Waals surface area contributed by atoms with E-state index in [9.17, 15) is 18.0 Å². The zero-order chi connectivity index (χ0) is 15.5. The molecule has 0 spiro atoms. The molecule has 116 valence electrons. The SMILES string of the molecule is NC(=O)C1(NCC(F)(F)F)CCC(c2ccccc2)CC1. The fourth-order valence-electron chi connectivity index (χ4n) is 2.95. The van der Waals surface area contributed by atoms with E-state index >= 15 is 0 Å². The maximum absolute atomic E-state index is 12.4. The molecule has 1 aliphatic carbocycles. The minimum absolute atomic E-state index is 0.270. The van der Waals surface area contributed by atoms with Crippen molar-refractivity contribution in [2.45, 2.75) is 43.3 Å². The first-order valence-electron chi connectivity index (χ1n) is 6.99. The molecule has 1 aromatic rings. The fourth-order valence-corrected chi connectivity index (χ4v) is 2.95. The number of amides is 1. The zero-order valence-corrected chi connectivity index (χ0v) is 11.6. The molecule has 3 N–H and O–H groups in total. The van der Waals surface area contributed by atoms with E-state index in [2.05, 4.69) is 5.32 Å². The average Bonchev–Trinajstić information content (AvgIpc) is 2.46. The van der Waals surface area contributed by atoms with Crippen molar-refractivity contribution in [1.29, 1.82) is 0 Å². The molecule has 1 aromatic carbocycles. The van der Waals surface area contributed by atoms with E-state index in [1.165, 1.54) is 0 Å². The number of nitrogens with one attached hydrogen (secondary N) is 1. The van der Waals surface area contributed by atoms with Crippen LogP contribution in [0.2, 0.25) is 0 Å². The molecular weight excluding hydrogens is 281 g/mol. The molecule has 0 saturated heterocycles. The van der Waals surface area contributed by atoms with Crippen LogP contribution in [0.15, 0.2) is 30.3 Å². The summed E-state index contributed by atoms with van der Waals surface area (Å²) in [5.74, 6) is -0.426. The normalized spacial score (nSPS) is 26.5. The van der Waals surface area contributed by atoms with Gasteiger partial charge in [0.1, 0.15) is 0 Å². The highest BCUT2D eigenvalue weighted by molar-refractivity contribution is 5.84. The first-order valence-corrected chi connectivity index (χ1v) is 6.99. The number of nitrogens with two attached hydrogens (primary N) is 1. The van der Waals surface area contributed by atoms with Gasteiger partial charge in [0.15, 0.2) is 0 Å². The van der Waals surface area contributed by atoms with Crippen LogP contribution in [0.25, 0.3) is 0 Å². The van der Waals surface area contributed by atoms with E-state index in [1.54, 1.807) is 0 Å². The molecule has 0 bridgehead atoms. The second-order valence-corrected chi connectivity index (χ2v) is 5.60. The van der Waals surface area contributed by atoms with Crippen molar-refractivity contribution in [3.8, 4) is 0 Å². The Labute approximate surface area is 121 Å². The molecule has 1 saturated carbocycles. The lowest BCUT2D eigenvalue weighted by Crippen LogP contribution is -2.59. The average molecular weight is 300 g/mol. The van der Waals surface area contributed by atoms with E-state index in [0.29, 0.717) is 25.7 Å². The van der Waals surface area contributed by atoms with Crippen LogP contribution in [0, 0.1) is 0 Å². The number of hydrogen-bond donors (Lipinski definition) is 2. The Balaban J connectivity index is 2.02. The summed E-state index contributed by atoms with van der Waals surface area (Å²) < 4.78 is 37.1. The van der Waals surface area contributed by atoms with Gasteiger partial charge < -0.3 is 5.73 Å². The molecule has 21 heavy (non-hydrogen) atoms. The number of hydrogen-bond acceptors (Lipinski definition) is 2. The second-order valence-electron chi connectivity index (χ2n) is 5.60. The summed E-state index contributed by atoms with van der Waals surface area (Å²) in [5, 5.41) is 2.35. The van der Waals surface area contributed by atoms with Crippen LogP contribution < -0.4 is 11.1 Å². The van der Waals surface area contributed by atoms with Crippen LogP contribution in [0.5, 0.6) is 0 Å². The van der Waals surface area contributed by atoms with Gasteiger partial charge >= 0.3 is 6.18 Å². The first-order chi connectivity index (χ1) is 9.82. The molecule has 1 aliphatic rings. The maximum atomic E-state index is 12.4. The van der Waals surface area contributed by atoms with Crippen LogP contribution in [0.4, 0.5) is 13.2 Å². The van der Waals surface area contributed by atoms with Crippen molar-refractivity contribution in [2.24, 2.45) is 5.73 Å². The highest BCUT2D eigenvalue weighted by atomic mass is 19.4. The van der Waals surface area contributed by atoms with Crippen molar-refractivity contribution in [3.63, 3.8) is 0 Å². The Morgan fingerprint density at radius 2 is 1.81 bits per heavy atom. The summed E-state index contributed by atoms with van der Waals surface area (Å²) in [7, 11) is 0. The Morgan fingerprint density at radius 3 is 2.29 bits per heavy atom. The van der Waals surface area contributed by atoms with Crippen LogP contribution in [0.3, 0.4) is 0 Å². The number of benzene rings is 1. The van der Waals surface area contributed by atoms with Crippen molar-refractivity contribution in [3.05, 3.63) is 35.9 Å². The third-order valence-corrected chi connectivity index (χ3v) is 4.21. The molecule has 0 atom stereocenters.